The summed E-state index contributed by atoms with van der Waals surface area (Å²) < 4.78 is 5.45. The van der Waals surface area contributed by atoms with Crippen molar-refractivity contribution < 1.29 is 19.1 Å². The predicted octanol–water partition coefficient (Wildman–Crippen LogP) is 4.09. The van der Waals surface area contributed by atoms with Gasteiger partial charge in [-0.05, 0) is 29.3 Å². The fourth-order valence-electron chi connectivity index (χ4n) is 5.68. The topological polar surface area (TPSA) is 66.9 Å². The maximum absolute atomic E-state index is 13.9. The van der Waals surface area contributed by atoms with Crippen molar-refractivity contribution in [2.75, 3.05) is 12.0 Å². The number of anilines is 1. The van der Waals surface area contributed by atoms with Crippen LogP contribution in [0.25, 0.3) is 6.08 Å². The molecule has 6 rings (SSSR count). The summed E-state index contributed by atoms with van der Waals surface area (Å²) in [6.45, 7) is 0. The molecule has 0 aliphatic carbocycles. The number of carbonyl (C=O) groups excluding carboxylic acids is 3. The molecule has 3 aromatic carbocycles. The number of methoxy groups -OCH3 is 1. The molecule has 0 aromatic heterocycles. The molecular weight excluding hydrogens is 428 g/mol. The van der Waals surface area contributed by atoms with E-state index in [0.29, 0.717) is 17.0 Å². The van der Waals surface area contributed by atoms with Crippen molar-refractivity contribution in [3.05, 3.63) is 102 Å². The number of benzene rings is 3. The minimum atomic E-state index is -0.800. The summed E-state index contributed by atoms with van der Waals surface area (Å²) in [5.41, 5.74) is 2.87. The number of nitrogens with zero attached hydrogens (tertiary/aromatic N) is 2. The van der Waals surface area contributed by atoms with Crippen molar-refractivity contribution in [1.29, 1.82) is 0 Å². The highest BCUT2D eigenvalue weighted by molar-refractivity contribution is 6.25. The maximum atomic E-state index is 13.9. The Morgan fingerprint density at radius 2 is 1.50 bits per heavy atom. The van der Waals surface area contributed by atoms with Crippen LogP contribution in [0.15, 0.2) is 85.1 Å². The van der Waals surface area contributed by atoms with E-state index in [2.05, 4.69) is 0 Å². The number of fused-ring (bicyclic) bond motifs is 5. The lowest BCUT2D eigenvalue weighted by atomic mass is 9.83. The quantitative estimate of drug-likeness (QED) is 0.442. The SMILES string of the molecule is COc1ccccc1N1C(=O)[C@@H]2[C@H](C1=O)[C@H]1c3ccccc3C=CN1[C@@H]2C(=O)c1ccccc1. The second-order valence-electron chi connectivity index (χ2n) is 8.75. The average molecular weight is 450 g/mol. The molecule has 0 spiro atoms. The van der Waals surface area contributed by atoms with Gasteiger partial charge in [0, 0.05) is 11.8 Å². The van der Waals surface area contributed by atoms with Crippen LogP contribution in [0, 0.1) is 11.8 Å². The monoisotopic (exact) mass is 450 g/mol. The second-order valence-corrected chi connectivity index (χ2v) is 8.75. The van der Waals surface area contributed by atoms with Gasteiger partial charge in [-0.1, -0.05) is 66.7 Å². The Balaban J connectivity index is 1.52. The van der Waals surface area contributed by atoms with Crippen molar-refractivity contribution >= 4 is 29.4 Å². The van der Waals surface area contributed by atoms with Gasteiger partial charge >= 0.3 is 0 Å². The zero-order chi connectivity index (χ0) is 23.4. The molecule has 168 valence electrons. The van der Waals surface area contributed by atoms with Crippen molar-refractivity contribution in [3.8, 4) is 5.75 Å². The Hall–Kier alpha value is -4.19. The summed E-state index contributed by atoms with van der Waals surface area (Å²) in [6, 6.07) is 22.6. The van der Waals surface area contributed by atoms with Gasteiger partial charge in [0.1, 0.15) is 11.8 Å². The zero-order valence-corrected chi connectivity index (χ0v) is 18.5. The van der Waals surface area contributed by atoms with Crippen LogP contribution in [0.4, 0.5) is 5.69 Å². The number of ketones is 1. The third-order valence-corrected chi connectivity index (χ3v) is 7.11. The van der Waals surface area contributed by atoms with Crippen LogP contribution >= 0.6 is 0 Å². The van der Waals surface area contributed by atoms with Gasteiger partial charge in [-0.15, -0.1) is 0 Å². The molecule has 34 heavy (non-hydrogen) atoms. The van der Waals surface area contributed by atoms with E-state index < -0.39 is 23.9 Å². The number of ether oxygens (including phenoxy) is 1. The highest BCUT2D eigenvalue weighted by Crippen LogP contribution is 2.54. The Labute approximate surface area is 197 Å². The van der Waals surface area contributed by atoms with E-state index in [0.717, 1.165) is 11.1 Å². The number of hydrogen-bond donors (Lipinski definition) is 0. The second kappa shape index (κ2) is 7.70. The molecule has 6 heteroatoms. The van der Waals surface area contributed by atoms with Crippen LogP contribution in [-0.4, -0.2) is 35.6 Å². The molecule has 3 aliphatic rings. The molecule has 4 atom stereocenters. The van der Waals surface area contributed by atoms with Gasteiger partial charge in [0.2, 0.25) is 11.8 Å². The van der Waals surface area contributed by atoms with E-state index >= 15 is 0 Å². The first kappa shape index (κ1) is 20.4. The number of imide groups is 1. The molecule has 6 nitrogen and oxygen atoms in total. The highest BCUT2D eigenvalue weighted by atomic mass is 16.5. The lowest BCUT2D eigenvalue weighted by Gasteiger charge is -2.35. The van der Waals surface area contributed by atoms with Gasteiger partial charge in [-0.25, -0.2) is 4.90 Å². The van der Waals surface area contributed by atoms with Crippen molar-refractivity contribution in [3.63, 3.8) is 0 Å². The van der Waals surface area contributed by atoms with Gasteiger partial charge in [0.05, 0.1) is 30.7 Å². The van der Waals surface area contributed by atoms with Gasteiger partial charge in [0.25, 0.3) is 0 Å². The molecule has 3 aliphatic heterocycles. The fraction of sp³-hybridized carbons (Fsp3) is 0.179. The largest absolute Gasteiger partial charge is 0.495 e. The Morgan fingerprint density at radius 3 is 2.29 bits per heavy atom. The number of para-hydroxylation sites is 2. The average Bonchev–Trinajstić information content (AvgIpc) is 3.36. The van der Waals surface area contributed by atoms with Crippen LogP contribution in [0.5, 0.6) is 5.75 Å². The fourth-order valence-corrected chi connectivity index (χ4v) is 5.68. The van der Waals surface area contributed by atoms with Crippen LogP contribution in [0.3, 0.4) is 0 Å². The van der Waals surface area contributed by atoms with Crippen LogP contribution in [-0.2, 0) is 9.59 Å². The molecule has 3 aromatic rings. The maximum Gasteiger partial charge on any atom is 0.240 e. The third kappa shape index (κ3) is 2.78. The molecular formula is C28H22N2O4. The van der Waals surface area contributed by atoms with E-state index in [-0.39, 0.29) is 17.6 Å². The van der Waals surface area contributed by atoms with Crippen LogP contribution < -0.4 is 9.64 Å². The van der Waals surface area contributed by atoms with Crippen molar-refractivity contribution in [2.24, 2.45) is 11.8 Å². The summed E-state index contributed by atoms with van der Waals surface area (Å²) >= 11 is 0. The minimum Gasteiger partial charge on any atom is -0.495 e. The van der Waals surface area contributed by atoms with E-state index in [1.165, 1.54) is 12.0 Å². The zero-order valence-electron chi connectivity index (χ0n) is 18.5. The van der Waals surface area contributed by atoms with Crippen molar-refractivity contribution in [2.45, 2.75) is 12.1 Å². The van der Waals surface area contributed by atoms with E-state index in [4.69, 9.17) is 4.74 Å². The minimum absolute atomic E-state index is 0.162. The summed E-state index contributed by atoms with van der Waals surface area (Å²) in [5.74, 6) is -1.87. The molecule has 3 heterocycles. The number of Topliss-reactive ketones (excluding diaryl/α,β-unsaturated/α-hetero) is 1. The Bertz CT molecular complexity index is 1350. The molecule has 0 bridgehead atoms. The molecule has 0 radical (unpaired) electrons. The molecule has 0 N–H and O–H groups in total. The lowest BCUT2D eigenvalue weighted by molar-refractivity contribution is -0.123. The molecule has 2 fully saturated rings. The highest BCUT2D eigenvalue weighted by Gasteiger charge is 2.64. The third-order valence-electron chi connectivity index (χ3n) is 7.11. The summed E-state index contributed by atoms with van der Waals surface area (Å²) in [7, 11) is 1.51. The van der Waals surface area contributed by atoms with Gasteiger partial charge < -0.3 is 9.64 Å². The van der Waals surface area contributed by atoms with E-state index in [1.54, 1.807) is 48.5 Å². The summed E-state index contributed by atoms with van der Waals surface area (Å²) in [4.78, 5) is 44.8. The molecule has 0 unspecified atom stereocenters. The number of hydrogen-bond acceptors (Lipinski definition) is 5. The van der Waals surface area contributed by atoms with E-state index in [1.807, 2.05) is 47.5 Å². The number of amides is 2. The summed E-state index contributed by atoms with van der Waals surface area (Å²) in [6.07, 6.45) is 3.82. The lowest BCUT2D eigenvalue weighted by Crippen LogP contribution is -2.44. The van der Waals surface area contributed by atoms with Gasteiger partial charge in [-0.3, -0.25) is 14.4 Å². The molecule has 2 saturated heterocycles. The first-order valence-electron chi connectivity index (χ1n) is 11.3. The standard InChI is InChI=1S/C28H22N2O4/c1-34-21-14-8-7-13-20(21)30-27(32)22-23(28(30)33)25(26(31)18-10-3-2-4-11-18)29-16-15-17-9-5-6-12-19(17)24(22)29/h2-16,22-25H,1H3/t22-,23+,24+,25-/m0/s1. The van der Waals surface area contributed by atoms with Gasteiger partial charge in [-0.2, -0.15) is 0 Å². The van der Waals surface area contributed by atoms with Crippen LogP contribution in [0.1, 0.15) is 27.5 Å². The van der Waals surface area contributed by atoms with E-state index in [9.17, 15) is 14.4 Å². The normalized spacial score (nSPS) is 24.6. The Kier molecular flexibility index (Phi) is 4.62. The first-order chi connectivity index (χ1) is 16.6. The predicted molar refractivity (Wildman–Crippen MR) is 127 cm³/mol. The van der Waals surface area contributed by atoms with Gasteiger partial charge in [0.15, 0.2) is 5.78 Å². The van der Waals surface area contributed by atoms with Crippen LogP contribution in [0.2, 0.25) is 0 Å². The molecule has 2 amide bonds. The smallest absolute Gasteiger partial charge is 0.240 e. The van der Waals surface area contributed by atoms with Crippen molar-refractivity contribution in [1.82, 2.24) is 4.90 Å². The first-order valence-corrected chi connectivity index (χ1v) is 11.3. The summed E-state index contributed by atoms with van der Waals surface area (Å²) in [5, 5.41) is 0. The molecule has 0 saturated carbocycles. The Morgan fingerprint density at radius 1 is 0.824 bits per heavy atom. The number of carbonyl (C=O) groups is 3. The number of rotatable bonds is 4.